The van der Waals surface area contributed by atoms with E-state index in [0.717, 1.165) is 0 Å². The predicted molar refractivity (Wildman–Crippen MR) is 225 cm³/mol. The number of aliphatic hydroxyl groups excluding tert-OH is 2. The monoisotopic (exact) mass is 875 g/mol. The molecule has 1 saturated heterocycles. The zero-order chi connectivity index (χ0) is 46.5. The van der Waals surface area contributed by atoms with Gasteiger partial charge in [0.2, 0.25) is 29.5 Å². The van der Waals surface area contributed by atoms with Gasteiger partial charge in [0.25, 0.3) is 0 Å². The molecule has 0 bridgehead atoms. The van der Waals surface area contributed by atoms with Crippen molar-refractivity contribution in [2.24, 2.45) is 39.9 Å². The zero-order valence-electron chi connectivity index (χ0n) is 35.4. The van der Waals surface area contributed by atoms with E-state index in [1.54, 1.807) is 30.3 Å². The van der Waals surface area contributed by atoms with Crippen LogP contribution in [-0.2, 0) is 54.4 Å². The minimum absolute atomic E-state index is 0. The normalized spacial score (nSPS) is 22.6. The Labute approximate surface area is 361 Å². The van der Waals surface area contributed by atoms with Crippen LogP contribution in [0.2, 0.25) is 0 Å². The number of Topliss-reactive ketones (excluding diaryl/α,β-unsaturated/α-hetero) is 5. The summed E-state index contributed by atoms with van der Waals surface area (Å²) in [6.07, 6.45) is -5.92. The molecule has 0 aromatic heterocycles. The maximum absolute atomic E-state index is 14.0. The number of ketones is 5. The molecule has 62 heavy (non-hydrogen) atoms. The number of nitrogens with zero attached hydrogens (tertiary/aromatic N) is 1. The second kappa shape index (κ2) is 26.4. The standard InChI is InChI=1S/C41H61N9O12.H2/c1-22(51)29(23(2)52)17-34(56)26-15-35(57)30(24(3)53)16-28(55)21-47-38(60)32(14-25-8-5-4-6-9-25)50-39(61)31(10-7-13-45-41(43)44)49-40(62)33(18-37(59)46-20-26)48-36(58)12-11-27(54)19-42;/h4-6,8-9,22,24,26,29-33,51,53H,7,10-21,42H2,1-3H3,(H,46,59)(H,47,60)(H,48,58)(H,49,62)(H,50,61)(H4,43,44,45);1H/t22-,24-,26+,29+,30+,31+,32+,33+;/m1./s1/i;1+2. The molecular formula is C41H63N9O12. The second-order valence-electron chi connectivity index (χ2n) is 15.4. The van der Waals surface area contributed by atoms with E-state index in [0.29, 0.717) is 5.56 Å². The number of hydrogen-bond donors (Lipinski definition) is 10. The van der Waals surface area contributed by atoms with Crippen LogP contribution in [0.25, 0.3) is 0 Å². The van der Waals surface area contributed by atoms with Crippen LogP contribution in [0.15, 0.2) is 35.3 Å². The van der Waals surface area contributed by atoms with Crippen LogP contribution in [0.4, 0.5) is 0 Å². The van der Waals surface area contributed by atoms with Crippen LogP contribution in [0.1, 0.15) is 79.1 Å². The molecule has 13 N–H and O–H groups in total. The third-order valence-electron chi connectivity index (χ3n) is 10.3. The van der Waals surface area contributed by atoms with E-state index in [4.69, 9.17) is 17.2 Å². The molecule has 344 valence electrons. The Hall–Kier alpha value is -5.93. The Bertz CT molecular complexity index is 1810. The maximum atomic E-state index is 14.0. The van der Waals surface area contributed by atoms with Crippen LogP contribution in [0.3, 0.4) is 0 Å². The van der Waals surface area contributed by atoms with Crippen molar-refractivity contribution in [1.29, 1.82) is 0 Å². The number of benzene rings is 1. The number of amides is 5. The van der Waals surface area contributed by atoms with Crippen LogP contribution in [-0.4, -0.2) is 131 Å². The Balaban J connectivity index is 0.0000198. The van der Waals surface area contributed by atoms with E-state index in [-0.39, 0.29) is 46.2 Å². The summed E-state index contributed by atoms with van der Waals surface area (Å²) in [6.45, 7) is 2.25. The molecule has 1 aliphatic rings. The summed E-state index contributed by atoms with van der Waals surface area (Å²) >= 11 is 0. The summed E-state index contributed by atoms with van der Waals surface area (Å²) in [4.78, 5) is 137. The molecule has 1 fully saturated rings. The number of carbonyl (C=O) groups is 10. The van der Waals surface area contributed by atoms with Gasteiger partial charge in [-0.25, -0.2) is 0 Å². The number of hydrogen-bond acceptors (Lipinski definition) is 14. The molecule has 21 heteroatoms. The first-order chi connectivity index (χ1) is 29.2. The second-order valence-corrected chi connectivity index (χ2v) is 15.4. The van der Waals surface area contributed by atoms with E-state index in [1.807, 2.05) is 0 Å². The van der Waals surface area contributed by atoms with Gasteiger partial charge in [-0.3, -0.25) is 52.9 Å². The molecule has 8 atom stereocenters. The molecule has 5 amide bonds. The molecule has 21 nitrogen and oxygen atoms in total. The van der Waals surface area contributed by atoms with Gasteiger partial charge < -0.3 is 54.0 Å². The highest BCUT2D eigenvalue weighted by molar-refractivity contribution is 5.98. The average Bonchev–Trinajstić information content (AvgIpc) is 3.21. The van der Waals surface area contributed by atoms with Crippen LogP contribution in [0.5, 0.6) is 0 Å². The Morgan fingerprint density at radius 3 is 2.15 bits per heavy atom. The van der Waals surface area contributed by atoms with E-state index in [2.05, 4.69) is 31.6 Å². The Morgan fingerprint density at radius 2 is 1.55 bits per heavy atom. The molecule has 0 spiro atoms. The van der Waals surface area contributed by atoms with Crippen molar-refractivity contribution >= 4 is 64.4 Å². The molecule has 0 radical (unpaired) electrons. The van der Waals surface area contributed by atoms with E-state index < -0.39 is 152 Å². The maximum Gasteiger partial charge on any atom is 0.243 e. The predicted octanol–water partition coefficient (Wildman–Crippen LogP) is -3.00. The van der Waals surface area contributed by atoms with Crippen molar-refractivity contribution in [3.63, 3.8) is 0 Å². The lowest BCUT2D eigenvalue weighted by Crippen LogP contribution is -2.58. The van der Waals surface area contributed by atoms with Gasteiger partial charge in [0.15, 0.2) is 11.7 Å². The van der Waals surface area contributed by atoms with Crippen LogP contribution >= 0.6 is 0 Å². The highest BCUT2D eigenvalue weighted by atomic mass is 16.3. The molecular weight excluding hydrogens is 811 g/mol. The van der Waals surface area contributed by atoms with Gasteiger partial charge in [-0.1, -0.05) is 30.3 Å². The van der Waals surface area contributed by atoms with Gasteiger partial charge in [0.1, 0.15) is 41.3 Å². The average molecular weight is 876 g/mol. The van der Waals surface area contributed by atoms with Crippen molar-refractivity contribution in [2.45, 2.75) is 109 Å². The summed E-state index contributed by atoms with van der Waals surface area (Å²) in [5.74, 6) is -11.7. The fourth-order valence-corrected chi connectivity index (χ4v) is 6.61. The molecule has 1 aromatic rings. The Kier molecular flexibility index (Phi) is 22.2. The third-order valence-corrected chi connectivity index (χ3v) is 10.3. The summed E-state index contributed by atoms with van der Waals surface area (Å²) in [6, 6.07) is 4.09. The smallest absolute Gasteiger partial charge is 0.243 e. The lowest BCUT2D eigenvalue weighted by molar-refractivity contribution is -0.137. The van der Waals surface area contributed by atoms with Gasteiger partial charge in [0.05, 0.1) is 37.6 Å². The first-order valence-electron chi connectivity index (χ1n) is 20.4. The van der Waals surface area contributed by atoms with E-state index >= 15 is 0 Å². The van der Waals surface area contributed by atoms with Crippen molar-refractivity contribution < 1.29 is 59.6 Å². The highest BCUT2D eigenvalue weighted by Gasteiger charge is 2.35. The molecule has 0 unspecified atom stereocenters. The van der Waals surface area contributed by atoms with Gasteiger partial charge in [0, 0.05) is 64.9 Å². The fourth-order valence-electron chi connectivity index (χ4n) is 6.61. The lowest BCUT2D eigenvalue weighted by atomic mass is 9.82. The quantitative estimate of drug-likeness (QED) is 0.0424. The van der Waals surface area contributed by atoms with Crippen molar-refractivity contribution in [2.75, 3.05) is 26.2 Å². The van der Waals surface area contributed by atoms with Crippen molar-refractivity contribution in [3.8, 4) is 0 Å². The summed E-state index contributed by atoms with van der Waals surface area (Å²) in [5, 5.41) is 33.3. The van der Waals surface area contributed by atoms with Gasteiger partial charge in [-0.05, 0) is 39.2 Å². The number of nitrogens with two attached hydrogens (primary N) is 3. The molecule has 1 aliphatic heterocycles. The van der Waals surface area contributed by atoms with Gasteiger partial charge in [-0.15, -0.1) is 0 Å². The minimum atomic E-state index is -1.68. The van der Waals surface area contributed by atoms with Crippen molar-refractivity contribution in [3.05, 3.63) is 35.9 Å². The largest absolute Gasteiger partial charge is 0.393 e. The molecule has 2 rings (SSSR count). The van der Waals surface area contributed by atoms with E-state index in [1.165, 1.54) is 20.8 Å². The van der Waals surface area contributed by atoms with E-state index in [9.17, 15) is 58.2 Å². The summed E-state index contributed by atoms with van der Waals surface area (Å²) in [7, 11) is 0. The number of carbonyl (C=O) groups excluding carboxylic acids is 10. The number of aliphatic imine (C=N–C) groups is 1. The molecule has 0 aliphatic carbocycles. The van der Waals surface area contributed by atoms with Gasteiger partial charge >= 0.3 is 0 Å². The minimum Gasteiger partial charge on any atom is -0.393 e. The number of rotatable bonds is 17. The third kappa shape index (κ3) is 18.8. The lowest BCUT2D eigenvalue weighted by Gasteiger charge is -2.26. The van der Waals surface area contributed by atoms with Crippen LogP contribution < -0.4 is 43.8 Å². The SMILES string of the molecule is CC(=O)[C@@H](CC(=O)[C@@H]1CNC(=O)C[C@H](NC(=O)CCC(=O)CN)C(=O)N[C@@H](CCCN=C(N)N)C(=O)N[C@@H](Cc2ccccc2)C(=O)NCC(=O)C[C@@H]([C@@H](C)O)C(=O)C1)[C@@H](C)O.[3HH]. The fraction of sp³-hybridized carbons (Fsp3) is 0.585. The van der Waals surface area contributed by atoms with Crippen LogP contribution in [0, 0.1) is 17.8 Å². The molecule has 1 heterocycles. The van der Waals surface area contributed by atoms with Gasteiger partial charge in [-0.2, -0.15) is 0 Å². The number of guanidine groups is 1. The molecule has 0 saturated carbocycles. The zero-order valence-corrected chi connectivity index (χ0v) is 35.4. The number of aliphatic hydroxyl groups is 2. The first kappa shape index (κ1) is 52.2. The van der Waals surface area contributed by atoms with Crippen molar-refractivity contribution in [1.82, 2.24) is 26.6 Å². The summed E-state index contributed by atoms with van der Waals surface area (Å²) in [5.41, 5.74) is 16.9. The Morgan fingerprint density at radius 1 is 0.887 bits per heavy atom. The topological polar surface area (TPSA) is 362 Å². The molecule has 1 aromatic carbocycles. The summed E-state index contributed by atoms with van der Waals surface area (Å²) < 4.78 is 0. The first-order valence-corrected chi connectivity index (χ1v) is 20.4. The highest BCUT2D eigenvalue weighted by Crippen LogP contribution is 2.21. The number of nitrogens with one attached hydrogen (secondary N) is 5.